The van der Waals surface area contributed by atoms with E-state index < -0.39 is 0 Å². The zero-order chi connectivity index (χ0) is 18.9. The molecule has 0 saturated carbocycles. The van der Waals surface area contributed by atoms with Crippen LogP contribution in [0.25, 0.3) is 0 Å². The number of carbonyl (C=O) groups excluding carboxylic acids is 2. The number of carbonyl (C=O) groups is 2. The Morgan fingerprint density at radius 2 is 1.93 bits per heavy atom. The number of nitrogens with zero attached hydrogens (tertiary/aromatic N) is 2. The van der Waals surface area contributed by atoms with Crippen molar-refractivity contribution in [1.29, 1.82) is 0 Å². The van der Waals surface area contributed by atoms with E-state index in [1.54, 1.807) is 0 Å². The first-order chi connectivity index (χ1) is 13.1. The van der Waals surface area contributed by atoms with Gasteiger partial charge in [0.2, 0.25) is 11.8 Å². The quantitative estimate of drug-likeness (QED) is 0.885. The number of aliphatic hydroxyl groups excluding tert-OH is 1. The number of hydrogen-bond acceptors (Lipinski definition) is 3. The highest BCUT2D eigenvalue weighted by Crippen LogP contribution is 2.42. The molecule has 0 unspecified atom stereocenters. The van der Waals surface area contributed by atoms with Gasteiger partial charge in [-0.1, -0.05) is 24.3 Å². The summed E-state index contributed by atoms with van der Waals surface area (Å²) in [6.45, 7) is 3.18. The van der Waals surface area contributed by atoms with Crippen LogP contribution in [0.5, 0.6) is 0 Å². The molecule has 1 aromatic rings. The van der Waals surface area contributed by atoms with Gasteiger partial charge < -0.3 is 14.9 Å². The van der Waals surface area contributed by atoms with Gasteiger partial charge in [-0.25, -0.2) is 0 Å². The van der Waals surface area contributed by atoms with Crippen LogP contribution in [0.3, 0.4) is 0 Å². The Morgan fingerprint density at radius 3 is 2.70 bits per heavy atom. The molecule has 5 heteroatoms. The molecule has 2 fully saturated rings. The Labute approximate surface area is 161 Å². The van der Waals surface area contributed by atoms with Gasteiger partial charge in [0, 0.05) is 39.2 Å². The second-order valence-corrected chi connectivity index (χ2v) is 8.51. The van der Waals surface area contributed by atoms with E-state index in [2.05, 4.69) is 23.1 Å². The molecule has 1 atom stereocenters. The van der Waals surface area contributed by atoms with Crippen LogP contribution < -0.4 is 0 Å². The van der Waals surface area contributed by atoms with E-state index >= 15 is 0 Å². The summed E-state index contributed by atoms with van der Waals surface area (Å²) >= 11 is 0. The number of hydrogen-bond donors (Lipinski definition) is 1. The maximum atomic E-state index is 13.1. The lowest BCUT2D eigenvalue weighted by atomic mass is 9.72. The fourth-order valence-corrected chi connectivity index (χ4v) is 5.21. The van der Waals surface area contributed by atoms with Crippen molar-refractivity contribution in [2.24, 2.45) is 5.41 Å². The summed E-state index contributed by atoms with van der Waals surface area (Å²) in [6.07, 6.45) is 6.10. The Balaban J connectivity index is 1.37. The highest BCUT2D eigenvalue weighted by atomic mass is 16.3. The SMILES string of the molecule is O=C1CCC2(CCN(C(=O)[C@H]3CCc4ccccc43)CC2)CN1CCCO. The molecule has 0 aromatic heterocycles. The van der Waals surface area contributed by atoms with Crippen LogP contribution in [-0.2, 0) is 16.0 Å². The first-order valence-corrected chi connectivity index (χ1v) is 10.4. The van der Waals surface area contributed by atoms with Gasteiger partial charge in [0.05, 0.1) is 5.92 Å². The smallest absolute Gasteiger partial charge is 0.230 e. The van der Waals surface area contributed by atoms with Crippen molar-refractivity contribution in [3.63, 3.8) is 0 Å². The van der Waals surface area contributed by atoms with Crippen molar-refractivity contribution < 1.29 is 14.7 Å². The highest BCUT2D eigenvalue weighted by molar-refractivity contribution is 5.85. The number of rotatable bonds is 4. The summed E-state index contributed by atoms with van der Waals surface area (Å²) in [5.41, 5.74) is 2.71. The van der Waals surface area contributed by atoms with Gasteiger partial charge in [0.25, 0.3) is 0 Å². The van der Waals surface area contributed by atoms with Crippen LogP contribution in [0, 0.1) is 5.41 Å². The average molecular weight is 370 g/mol. The standard InChI is InChI=1S/C22H30N2O3/c25-15-3-12-24-16-22(9-8-20(24)26)10-13-23(14-11-22)21(27)19-7-6-17-4-1-2-5-18(17)19/h1-2,4-5,19,25H,3,6-16H2/t19-/m0/s1. The molecule has 2 heterocycles. The minimum atomic E-state index is 0.0317. The molecule has 3 aliphatic rings. The first kappa shape index (κ1) is 18.5. The van der Waals surface area contributed by atoms with Crippen molar-refractivity contribution >= 4 is 11.8 Å². The monoisotopic (exact) mass is 370 g/mol. The van der Waals surface area contributed by atoms with Gasteiger partial charge in [-0.05, 0) is 55.1 Å². The van der Waals surface area contributed by atoms with Gasteiger partial charge in [-0.3, -0.25) is 9.59 Å². The Kier molecular flexibility index (Phi) is 5.22. The van der Waals surface area contributed by atoms with Crippen LogP contribution in [0.15, 0.2) is 24.3 Å². The van der Waals surface area contributed by atoms with Gasteiger partial charge in [0.1, 0.15) is 0 Å². The molecular formula is C22H30N2O3. The zero-order valence-corrected chi connectivity index (χ0v) is 16.0. The highest BCUT2D eigenvalue weighted by Gasteiger charge is 2.42. The second-order valence-electron chi connectivity index (χ2n) is 8.51. The summed E-state index contributed by atoms with van der Waals surface area (Å²) in [7, 11) is 0. The molecule has 0 radical (unpaired) electrons. The minimum Gasteiger partial charge on any atom is -0.396 e. The molecule has 1 aliphatic carbocycles. The third-order valence-electron chi connectivity index (χ3n) is 6.90. The van der Waals surface area contributed by atoms with E-state index in [0.717, 1.165) is 51.7 Å². The van der Waals surface area contributed by atoms with Crippen molar-refractivity contribution in [1.82, 2.24) is 9.80 Å². The number of fused-ring (bicyclic) bond motifs is 1. The second kappa shape index (κ2) is 7.63. The van der Waals surface area contributed by atoms with E-state index in [0.29, 0.717) is 25.3 Å². The van der Waals surface area contributed by atoms with E-state index in [1.165, 1.54) is 11.1 Å². The number of benzene rings is 1. The lowest BCUT2D eigenvalue weighted by molar-refractivity contribution is -0.143. The Morgan fingerprint density at radius 1 is 1.15 bits per heavy atom. The molecule has 146 valence electrons. The predicted octanol–water partition coefficient (Wildman–Crippen LogP) is 2.33. The molecule has 1 spiro atoms. The summed E-state index contributed by atoms with van der Waals surface area (Å²) < 4.78 is 0. The number of aliphatic hydroxyl groups is 1. The number of piperidine rings is 2. The summed E-state index contributed by atoms with van der Waals surface area (Å²) in [6, 6.07) is 8.36. The summed E-state index contributed by atoms with van der Waals surface area (Å²) in [5.74, 6) is 0.540. The van der Waals surface area contributed by atoms with Gasteiger partial charge >= 0.3 is 0 Å². The average Bonchev–Trinajstić information content (AvgIpc) is 3.13. The molecule has 2 aliphatic heterocycles. The van der Waals surface area contributed by atoms with Crippen LogP contribution in [-0.4, -0.2) is 59.5 Å². The molecule has 4 rings (SSSR count). The molecule has 5 nitrogen and oxygen atoms in total. The van der Waals surface area contributed by atoms with Gasteiger partial charge in [-0.2, -0.15) is 0 Å². The summed E-state index contributed by atoms with van der Waals surface area (Å²) in [5, 5.41) is 9.07. The van der Waals surface area contributed by atoms with Crippen LogP contribution in [0.2, 0.25) is 0 Å². The number of likely N-dealkylation sites (tertiary alicyclic amines) is 2. The maximum absolute atomic E-state index is 13.1. The van der Waals surface area contributed by atoms with E-state index in [9.17, 15) is 9.59 Å². The third kappa shape index (κ3) is 3.62. The largest absolute Gasteiger partial charge is 0.396 e. The van der Waals surface area contributed by atoms with Crippen molar-refractivity contribution in [3.8, 4) is 0 Å². The zero-order valence-electron chi connectivity index (χ0n) is 16.0. The number of amides is 2. The van der Waals surface area contributed by atoms with E-state index in [1.807, 2.05) is 11.0 Å². The Bertz CT molecular complexity index is 709. The van der Waals surface area contributed by atoms with Crippen molar-refractivity contribution in [2.45, 2.75) is 50.9 Å². The van der Waals surface area contributed by atoms with Crippen LogP contribution >= 0.6 is 0 Å². The van der Waals surface area contributed by atoms with Crippen molar-refractivity contribution in [3.05, 3.63) is 35.4 Å². The topological polar surface area (TPSA) is 60.9 Å². The molecule has 1 N–H and O–H groups in total. The predicted molar refractivity (Wildman–Crippen MR) is 103 cm³/mol. The third-order valence-corrected chi connectivity index (χ3v) is 6.90. The first-order valence-electron chi connectivity index (χ1n) is 10.4. The lowest BCUT2D eigenvalue weighted by Gasteiger charge is -2.47. The van der Waals surface area contributed by atoms with E-state index in [4.69, 9.17) is 5.11 Å². The Hall–Kier alpha value is -1.88. The minimum absolute atomic E-state index is 0.0317. The van der Waals surface area contributed by atoms with Gasteiger partial charge in [0.15, 0.2) is 0 Å². The van der Waals surface area contributed by atoms with Crippen molar-refractivity contribution in [2.75, 3.05) is 32.8 Å². The number of aryl methyl sites for hydroxylation is 1. The summed E-state index contributed by atoms with van der Waals surface area (Å²) in [4.78, 5) is 29.3. The van der Waals surface area contributed by atoms with Crippen LogP contribution in [0.4, 0.5) is 0 Å². The molecule has 2 saturated heterocycles. The van der Waals surface area contributed by atoms with Crippen LogP contribution in [0.1, 0.15) is 55.6 Å². The molecule has 0 bridgehead atoms. The molecular weight excluding hydrogens is 340 g/mol. The lowest BCUT2D eigenvalue weighted by Crippen LogP contribution is -2.53. The fraction of sp³-hybridized carbons (Fsp3) is 0.636. The molecule has 27 heavy (non-hydrogen) atoms. The normalized spacial score (nSPS) is 24.3. The van der Waals surface area contributed by atoms with Gasteiger partial charge in [-0.15, -0.1) is 0 Å². The molecule has 2 amide bonds. The fourth-order valence-electron chi connectivity index (χ4n) is 5.21. The maximum Gasteiger partial charge on any atom is 0.230 e. The molecule has 1 aromatic carbocycles. The van der Waals surface area contributed by atoms with E-state index in [-0.39, 0.29) is 23.8 Å².